The number of aliphatic hydroxyl groups excluding tert-OH is 1. The lowest BCUT2D eigenvalue weighted by molar-refractivity contribution is 0.162. The maximum Gasteiger partial charge on any atom is 0.173 e. The minimum atomic E-state index is 0.232. The Bertz CT molecular complexity index is 427. The molecule has 0 saturated carbocycles. The van der Waals surface area contributed by atoms with Crippen molar-refractivity contribution in [1.82, 2.24) is 4.90 Å². The van der Waals surface area contributed by atoms with Gasteiger partial charge in [-0.05, 0) is 49.2 Å². The highest BCUT2D eigenvalue weighted by molar-refractivity contribution is 7.80. The Balaban J connectivity index is 1.95. The number of hydrogen-bond donors (Lipinski definition) is 2. The highest BCUT2D eigenvalue weighted by Gasteiger charge is 2.20. The van der Waals surface area contributed by atoms with E-state index in [2.05, 4.69) is 10.2 Å². The molecule has 1 saturated heterocycles. The Morgan fingerprint density at radius 2 is 2.39 bits per heavy atom. The van der Waals surface area contributed by atoms with Crippen molar-refractivity contribution in [3.63, 3.8) is 0 Å². The van der Waals surface area contributed by atoms with Crippen LogP contribution in [0.15, 0.2) is 24.3 Å². The van der Waals surface area contributed by atoms with Gasteiger partial charge in [-0.25, -0.2) is 0 Å². The molecule has 1 aromatic rings. The molecule has 0 aromatic heterocycles. The predicted octanol–water partition coefficient (Wildman–Crippen LogP) is 2.74. The monoisotopic (exact) mass is 284 g/mol. The number of piperidine rings is 1. The second-order valence-corrected chi connectivity index (χ2v) is 5.40. The van der Waals surface area contributed by atoms with Crippen LogP contribution in [0.2, 0.25) is 5.02 Å². The minimum Gasteiger partial charge on any atom is -0.396 e. The van der Waals surface area contributed by atoms with Gasteiger partial charge in [0.2, 0.25) is 0 Å². The van der Waals surface area contributed by atoms with E-state index in [0.29, 0.717) is 16.1 Å². The van der Waals surface area contributed by atoms with Crippen molar-refractivity contribution < 1.29 is 5.11 Å². The summed E-state index contributed by atoms with van der Waals surface area (Å²) in [6.07, 6.45) is 2.15. The number of hydrogen-bond acceptors (Lipinski definition) is 2. The normalized spacial score (nSPS) is 19.7. The number of nitrogens with one attached hydrogen (secondary N) is 1. The van der Waals surface area contributed by atoms with Crippen LogP contribution >= 0.6 is 23.8 Å². The molecule has 3 nitrogen and oxygen atoms in total. The van der Waals surface area contributed by atoms with E-state index >= 15 is 0 Å². The molecule has 0 radical (unpaired) electrons. The van der Waals surface area contributed by atoms with Crippen LogP contribution in [0, 0.1) is 5.92 Å². The van der Waals surface area contributed by atoms with Crippen molar-refractivity contribution in [2.75, 3.05) is 25.0 Å². The number of thiocarbonyl (C=S) groups is 1. The molecule has 0 spiro atoms. The molecule has 1 unspecified atom stereocenters. The lowest BCUT2D eigenvalue weighted by atomic mass is 9.99. The fraction of sp³-hybridized carbons (Fsp3) is 0.462. The van der Waals surface area contributed by atoms with Gasteiger partial charge in [0, 0.05) is 30.4 Å². The molecule has 0 aliphatic carbocycles. The molecule has 18 heavy (non-hydrogen) atoms. The van der Waals surface area contributed by atoms with Crippen LogP contribution in [0.4, 0.5) is 5.69 Å². The third-order valence-corrected chi connectivity index (χ3v) is 3.74. The van der Waals surface area contributed by atoms with Crippen LogP contribution in [0.1, 0.15) is 12.8 Å². The molecule has 1 aromatic carbocycles. The number of aliphatic hydroxyl groups is 1. The molecule has 0 amide bonds. The summed E-state index contributed by atoms with van der Waals surface area (Å²) in [4.78, 5) is 2.11. The van der Waals surface area contributed by atoms with Gasteiger partial charge in [-0.3, -0.25) is 0 Å². The van der Waals surface area contributed by atoms with Crippen LogP contribution in [-0.4, -0.2) is 34.8 Å². The summed E-state index contributed by atoms with van der Waals surface area (Å²) in [5, 5.41) is 13.8. The molecule has 1 atom stereocenters. The van der Waals surface area contributed by atoms with Crippen molar-refractivity contribution in [3.05, 3.63) is 29.3 Å². The number of nitrogens with zero attached hydrogens (tertiary/aromatic N) is 1. The molecule has 5 heteroatoms. The average molecular weight is 285 g/mol. The Morgan fingerprint density at radius 1 is 1.56 bits per heavy atom. The van der Waals surface area contributed by atoms with E-state index in [0.717, 1.165) is 31.6 Å². The van der Waals surface area contributed by atoms with Gasteiger partial charge >= 0.3 is 0 Å². The number of benzene rings is 1. The van der Waals surface area contributed by atoms with Crippen molar-refractivity contribution in [3.8, 4) is 0 Å². The molecule has 1 aliphatic heterocycles. The summed E-state index contributed by atoms with van der Waals surface area (Å²) in [5.74, 6) is 0.331. The summed E-state index contributed by atoms with van der Waals surface area (Å²) >= 11 is 11.3. The standard InChI is InChI=1S/C13H17ClN2OS/c14-11-4-1-5-12(7-11)15-13(18)16-6-2-3-10(8-16)9-17/h1,4-5,7,10,17H,2-3,6,8-9H2,(H,15,18). The summed E-state index contributed by atoms with van der Waals surface area (Å²) < 4.78 is 0. The van der Waals surface area contributed by atoms with Crippen LogP contribution in [0.5, 0.6) is 0 Å². The minimum absolute atomic E-state index is 0.232. The third kappa shape index (κ3) is 3.57. The van der Waals surface area contributed by atoms with Gasteiger partial charge in [-0.1, -0.05) is 17.7 Å². The maximum atomic E-state index is 9.21. The number of rotatable bonds is 2. The van der Waals surface area contributed by atoms with Crippen molar-refractivity contribution in [2.45, 2.75) is 12.8 Å². The maximum absolute atomic E-state index is 9.21. The van der Waals surface area contributed by atoms with E-state index in [1.54, 1.807) is 0 Å². The van der Waals surface area contributed by atoms with Crippen LogP contribution in [0.3, 0.4) is 0 Å². The Morgan fingerprint density at radius 3 is 3.11 bits per heavy atom. The molecule has 98 valence electrons. The summed E-state index contributed by atoms with van der Waals surface area (Å²) in [7, 11) is 0. The van der Waals surface area contributed by atoms with Crippen LogP contribution < -0.4 is 5.32 Å². The molecule has 0 bridgehead atoms. The molecular weight excluding hydrogens is 268 g/mol. The average Bonchev–Trinajstić information content (AvgIpc) is 2.39. The topological polar surface area (TPSA) is 35.5 Å². The first-order chi connectivity index (χ1) is 8.69. The fourth-order valence-electron chi connectivity index (χ4n) is 2.17. The Labute approximate surface area is 118 Å². The zero-order valence-electron chi connectivity index (χ0n) is 10.1. The first-order valence-electron chi connectivity index (χ1n) is 6.11. The smallest absolute Gasteiger partial charge is 0.173 e. The van der Waals surface area contributed by atoms with E-state index < -0.39 is 0 Å². The van der Waals surface area contributed by atoms with Gasteiger partial charge in [0.25, 0.3) is 0 Å². The molecular formula is C13H17ClN2OS. The first-order valence-corrected chi connectivity index (χ1v) is 6.90. The molecule has 2 N–H and O–H groups in total. The summed E-state index contributed by atoms with van der Waals surface area (Å²) in [6.45, 7) is 2.00. The van der Waals surface area contributed by atoms with Crippen molar-refractivity contribution in [1.29, 1.82) is 0 Å². The van der Waals surface area contributed by atoms with Crippen LogP contribution in [-0.2, 0) is 0 Å². The number of halogens is 1. The lowest BCUT2D eigenvalue weighted by Gasteiger charge is -2.33. The van der Waals surface area contributed by atoms with Gasteiger partial charge in [0.05, 0.1) is 0 Å². The predicted molar refractivity (Wildman–Crippen MR) is 79.1 cm³/mol. The number of likely N-dealkylation sites (tertiary alicyclic amines) is 1. The summed E-state index contributed by atoms with van der Waals surface area (Å²) in [6, 6.07) is 7.51. The Kier molecular flexibility index (Phi) is 4.80. The van der Waals surface area contributed by atoms with Crippen molar-refractivity contribution in [2.24, 2.45) is 5.92 Å². The fourth-order valence-corrected chi connectivity index (χ4v) is 2.64. The third-order valence-electron chi connectivity index (χ3n) is 3.14. The van der Waals surface area contributed by atoms with Gasteiger partial charge < -0.3 is 15.3 Å². The molecule has 2 rings (SSSR count). The van der Waals surface area contributed by atoms with E-state index in [1.165, 1.54) is 0 Å². The van der Waals surface area contributed by atoms with E-state index in [1.807, 2.05) is 24.3 Å². The van der Waals surface area contributed by atoms with Gasteiger partial charge in [0.15, 0.2) is 5.11 Å². The molecule has 1 fully saturated rings. The lowest BCUT2D eigenvalue weighted by Crippen LogP contribution is -2.43. The SMILES string of the molecule is OCC1CCCN(C(=S)Nc2cccc(Cl)c2)C1. The van der Waals surface area contributed by atoms with E-state index in [-0.39, 0.29) is 6.61 Å². The first kappa shape index (κ1) is 13.6. The highest BCUT2D eigenvalue weighted by Crippen LogP contribution is 2.19. The molecule has 1 aliphatic rings. The highest BCUT2D eigenvalue weighted by atomic mass is 35.5. The van der Waals surface area contributed by atoms with E-state index in [4.69, 9.17) is 23.8 Å². The van der Waals surface area contributed by atoms with Gasteiger partial charge in [-0.15, -0.1) is 0 Å². The Hall–Kier alpha value is -0.840. The molecule has 1 heterocycles. The van der Waals surface area contributed by atoms with Crippen molar-refractivity contribution >= 4 is 34.6 Å². The summed E-state index contributed by atoms with van der Waals surface area (Å²) in [5.41, 5.74) is 0.902. The van der Waals surface area contributed by atoms with Crippen LogP contribution in [0.25, 0.3) is 0 Å². The van der Waals surface area contributed by atoms with Gasteiger partial charge in [-0.2, -0.15) is 0 Å². The largest absolute Gasteiger partial charge is 0.396 e. The number of anilines is 1. The van der Waals surface area contributed by atoms with E-state index in [9.17, 15) is 5.11 Å². The second-order valence-electron chi connectivity index (χ2n) is 4.58. The zero-order chi connectivity index (χ0) is 13.0. The zero-order valence-corrected chi connectivity index (χ0v) is 11.7. The van der Waals surface area contributed by atoms with Gasteiger partial charge in [0.1, 0.15) is 0 Å². The quantitative estimate of drug-likeness (QED) is 0.819. The second kappa shape index (κ2) is 6.36.